The first kappa shape index (κ1) is 48.1. The van der Waals surface area contributed by atoms with Crippen molar-refractivity contribution in [3.05, 3.63) is 71.8 Å². The maximum atomic E-state index is 13.1. The van der Waals surface area contributed by atoms with Crippen molar-refractivity contribution in [1.29, 1.82) is 0 Å². The van der Waals surface area contributed by atoms with Crippen LogP contribution in [0.2, 0.25) is 0 Å². The second-order valence-corrected chi connectivity index (χ2v) is 13.6. The number of rotatable bonds is 23. The molecule has 2 unspecified atom stereocenters. The summed E-state index contributed by atoms with van der Waals surface area (Å²) in [4.78, 5) is 72.4. The van der Waals surface area contributed by atoms with Gasteiger partial charge in [-0.1, -0.05) is 60.7 Å². The largest absolute Gasteiger partial charge is 3.00 e. The van der Waals surface area contributed by atoms with Crippen molar-refractivity contribution in [2.75, 3.05) is 59.0 Å². The predicted octanol–water partition coefficient (Wildman–Crippen LogP) is -6.38. The van der Waals surface area contributed by atoms with Gasteiger partial charge in [-0.25, -0.2) is 0 Å². The number of carboxylic acid groups (broad SMARTS) is 5. The number of phosphoric acid groups is 1. The van der Waals surface area contributed by atoms with Gasteiger partial charge in [-0.2, -0.15) is 0 Å². The maximum Gasteiger partial charge on any atom is 3.00 e. The van der Waals surface area contributed by atoms with Crippen LogP contribution in [-0.4, -0.2) is 121 Å². The number of hydrogen-bond acceptors (Lipinski definition) is 17. The molecule has 2 aromatic rings. The van der Waals surface area contributed by atoms with Gasteiger partial charge in [0, 0.05) is 63.8 Å². The molecule has 53 heavy (non-hydrogen) atoms. The number of carbonyl (C=O) groups excluding carboxylic acids is 5. The summed E-state index contributed by atoms with van der Waals surface area (Å²) in [5.41, 5.74) is 1.71. The average Bonchev–Trinajstić information content (AvgIpc) is 3.05. The standard InChI is InChI=1S/C33H44N3O14P.Gd.H2O/c37-28(38)18-34(15-16-35(19-29(39)40)20-30(41)42)17-26(36(21-31(43)44)22-32(45)46)23-49-51(47,48)50-27-11-13-33(14-12-27,24-7-3-1-4-8-24)25-9-5-2-6-10-25;;/h1-10,26-27H,11-23H2,(H,37,38)(H,39,40)(H,41,42)(H,43,44)(H,45,46)(H,47,48);;1H2/q;+3;/p-6. The minimum Gasteiger partial charge on any atom is -0.756 e. The van der Waals surface area contributed by atoms with E-state index in [1.807, 2.05) is 60.7 Å². The third kappa shape index (κ3) is 16.5. The monoisotopic (exact) mass is 907 g/mol. The van der Waals surface area contributed by atoms with Crippen LogP contribution in [0.15, 0.2) is 60.7 Å². The number of nitrogens with zero attached hydrogens (tertiary/aromatic N) is 3. The van der Waals surface area contributed by atoms with Gasteiger partial charge in [0.25, 0.3) is 7.82 Å². The summed E-state index contributed by atoms with van der Waals surface area (Å²) in [6, 6.07) is 18.1. The van der Waals surface area contributed by atoms with Crippen molar-refractivity contribution in [3.63, 3.8) is 0 Å². The van der Waals surface area contributed by atoms with Gasteiger partial charge in [0.15, 0.2) is 0 Å². The molecule has 0 saturated heterocycles. The first-order valence-electron chi connectivity index (χ1n) is 16.0. The Kier molecular flexibility index (Phi) is 20.9. The minimum atomic E-state index is -5.15. The molecule has 2 aromatic carbocycles. The van der Waals surface area contributed by atoms with Gasteiger partial charge in [0.1, 0.15) is 0 Å². The number of phosphoric ester groups is 1. The molecule has 20 heteroatoms. The normalized spacial score (nSPS) is 15.8. The van der Waals surface area contributed by atoms with Gasteiger partial charge < -0.3 is 68.9 Å². The van der Waals surface area contributed by atoms with Crippen LogP contribution in [0.25, 0.3) is 0 Å². The van der Waals surface area contributed by atoms with E-state index in [2.05, 4.69) is 0 Å². The van der Waals surface area contributed by atoms with Gasteiger partial charge in [0.05, 0.1) is 42.6 Å². The molecule has 0 spiro atoms. The molecule has 1 aliphatic carbocycles. The zero-order valence-electron chi connectivity index (χ0n) is 28.5. The molecular weight excluding hydrogens is 867 g/mol. The Morgan fingerprint density at radius 3 is 1.51 bits per heavy atom. The second kappa shape index (κ2) is 23.1. The van der Waals surface area contributed by atoms with Crippen molar-refractivity contribution < 1.29 is 113 Å². The van der Waals surface area contributed by atoms with Crippen LogP contribution in [-0.2, 0) is 43.0 Å². The molecule has 18 nitrogen and oxygen atoms in total. The molecule has 2 atom stereocenters. The third-order valence-corrected chi connectivity index (χ3v) is 9.60. The molecular formula is C33H40GdN3O15P-3. The van der Waals surface area contributed by atoms with Crippen LogP contribution in [0.3, 0.4) is 0 Å². The molecule has 3 rings (SSSR count). The van der Waals surface area contributed by atoms with Crippen LogP contribution in [0.5, 0.6) is 0 Å². The van der Waals surface area contributed by atoms with E-state index in [9.17, 15) is 59.0 Å². The Balaban J connectivity index is 0.00000702. The summed E-state index contributed by atoms with van der Waals surface area (Å²) < 4.78 is 23.7. The van der Waals surface area contributed by atoms with E-state index in [0.29, 0.717) is 25.7 Å². The molecule has 293 valence electrons. The first-order valence-corrected chi connectivity index (χ1v) is 17.5. The minimum absolute atomic E-state index is 0. The molecule has 1 radical (unpaired) electrons. The van der Waals surface area contributed by atoms with Crippen LogP contribution in [0.4, 0.5) is 0 Å². The summed E-state index contributed by atoms with van der Waals surface area (Å²) in [7, 11) is -5.15. The van der Waals surface area contributed by atoms with E-state index in [4.69, 9.17) is 9.05 Å². The van der Waals surface area contributed by atoms with Crippen LogP contribution >= 0.6 is 7.82 Å². The molecule has 0 heterocycles. The fourth-order valence-electron chi connectivity index (χ4n) is 6.34. The average molecular weight is 907 g/mol. The van der Waals surface area contributed by atoms with E-state index in [0.717, 1.165) is 25.8 Å². The van der Waals surface area contributed by atoms with Crippen molar-refractivity contribution in [2.45, 2.75) is 43.2 Å². The number of carbonyl (C=O) groups is 5. The Morgan fingerprint density at radius 2 is 1.09 bits per heavy atom. The van der Waals surface area contributed by atoms with E-state index in [1.54, 1.807) is 0 Å². The zero-order chi connectivity index (χ0) is 37.6. The van der Waals surface area contributed by atoms with Crippen molar-refractivity contribution in [1.82, 2.24) is 14.7 Å². The van der Waals surface area contributed by atoms with E-state index >= 15 is 0 Å². The fraction of sp³-hybridized carbons (Fsp3) is 0.485. The van der Waals surface area contributed by atoms with Crippen molar-refractivity contribution in [2.24, 2.45) is 0 Å². The van der Waals surface area contributed by atoms with Crippen LogP contribution < -0.4 is 30.4 Å². The number of hydrogen-bond donors (Lipinski definition) is 0. The summed E-state index contributed by atoms with van der Waals surface area (Å²) in [6.45, 7) is -6.98. The first-order chi connectivity index (χ1) is 24.1. The summed E-state index contributed by atoms with van der Waals surface area (Å²) in [5, 5.41) is 56.7. The second-order valence-electron chi connectivity index (χ2n) is 12.2. The number of benzene rings is 2. The van der Waals surface area contributed by atoms with E-state index < -0.39 is 101 Å². The summed E-state index contributed by atoms with van der Waals surface area (Å²) in [6.07, 6.45) is 0.910. The zero-order valence-corrected chi connectivity index (χ0v) is 31.6. The van der Waals surface area contributed by atoms with Crippen molar-refractivity contribution >= 4 is 37.7 Å². The predicted molar refractivity (Wildman–Crippen MR) is 167 cm³/mol. The molecule has 0 aliphatic heterocycles. The quantitative estimate of drug-likeness (QED) is 0.0937. The Morgan fingerprint density at radius 1 is 0.698 bits per heavy atom. The molecule has 0 bridgehead atoms. The van der Waals surface area contributed by atoms with Crippen LogP contribution in [0.1, 0.15) is 36.8 Å². The molecule has 1 fully saturated rings. The Hall–Kier alpha value is -2.94. The maximum absolute atomic E-state index is 13.1. The van der Waals surface area contributed by atoms with E-state index in [-0.39, 0.29) is 58.5 Å². The molecule has 0 aromatic heterocycles. The van der Waals surface area contributed by atoms with Gasteiger partial charge in [-0.15, -0.1) is 0 Å². The van der Waals surface area contributed by atoms with Crippen molar-refractivity contribution in [3.8, 4) is 0 Å². The third-order valence-electron chi connectivity index (χ3n) is 8.58. The molecule has 0 amide bonds. The smallest absolute Gasteiger partial charge is 0.756 e. The van der Waals surface area contributed by atoms with E-state index in [1.165, 1.54) is 0 Å². The molecule has 2 N–H and O–H groups in total. The summed E-state index contributed by atoms with van der Waals surface area (Å²) in [5.74, 6) is -8.46. The summed E-state index contributed by atoms with van der Waals surface area (Å²) >= 11 is 0. The topological polar surface area (TPSA) is 300 Å². The number of carboxylic acids is 5. The SMILES string of the molecule is O.O=C([O-])CN(CCN(CC(=O)[O-])CC(COP(=O)([O-])OC1CCC(c2ccccc2)(c2ccccc2)CC1)N(CC(=O)[O-])CC(=O)[O-])CC(=O)[O-].[Gd+3]. The molecule has 1 aliphatic rings. The fourth-order valence-corrected chi connectivity index (χ4v) is 7.33. The van der Waals surface area contributed by atoms with Gasteiger partial charge >= 0.3 is 39.9 Å². The Bertz CT molecular complexity index is 1460. The molecule has 1 saturated carbocycles. The van der Waals surface area contributed by atoms with Gasteiger partial charge in [-0.3, -0.25) is 19.3 Å². The Labute approximate surface area is 337 Å². The van der Waals surface area contributed by atoms with Gasteiger partial charge in [0.2, 0.25) is 0 Å². The van der Waals surface area contributed by atoms with Crippen LogP contribution in [0, 0.1) is 39.9 Å². The van der Waals surface area contributed by atoms with Gasteiger partial charge in [-0.05, 0) is 36.8 Å². The number of aliphatic carboxylic acids is 5.